The molecule has 1 aliphatic carbocycles. The molecular weight excluding hydrogens is 350 g/mol. The van der Waals surface area contributed by atoms with Gasteiger partial charge < -0.3 is 10.2 Å². The van der Waals surface area contributed by atoms with Crippen molar-refractivity contribution in [2.75, 3.05) is 18.4 Å². The van der Waals surface area contributed by atoms with Crippen molar-refractivity contribution < 1.29 is 4.79 Å². The number of urea groups is 1. The lowest BCUT2D eigenvalue weighted by molar-refractivity contribution is 0.219. The maximum absolute atomic E-state index is 12.9. The van der Waals surface area contributed by atoms with Crippen LogP contribution in [0.2, 0.25) is 0 Å². The number of carbonyl (C=O) groups is 1. The minimum Gasteiger partial charge on any atom is -0.324 e. The predicted octanol–water partition coefficient (Wildman–Crippen LogP) is 3.45. The second-order valence-corrected chi connectivity index (χ2v) is 7.78. The summed E-state index contributed by atoms with van der Waals surface area (Å²) in [7, 11) is 0. The van der Waals surface area contributed by atoms with Crippen LogP contribution in [0.25, 0.3) is 0 Å². The highest BCUT2D eigenvalue weighted by molar-refractivity contribution is 5.89. The van der Waals surface area contributed by atoms with Gasteiger partial charge in [0, 0.05) is 42.8 Å². The smallest absolute Gasteiger partial charge is 0.321 e. The molecule has 1 unspecified atom stereocenters. The molecule has 1 N–H and O–H groups in total. The van der Waals surface area contributed by atoms with Crippen LogP contribution in [0.15, 0.2) is 61.1 Å². The Morgan fingerprint density at radius 1 is 1.14 bits per heavy atom. The number of hydrogen-bond acceptors (Lipinski definition) is 3. The highest BCUT2D eigenvalue weighted by Gasteiger charge is 2.45. The zero-order valence-corrected chi connectivity index (χ0v) is 15.7. The molecule has 1 fully saturated rings. The number of pyridine rings is 1. The standard InChI is InChI=1S/C22H23N5O/c28-21(25-18-7-11-23-19(14-18)15-27-12-3-10-24-27)26-13-9-22(16-26)8-6-17-4-1-2-5-20(17)22/h1-5,7,10-12,14H,6,8-9,13,15-16H2,(H,23,25,28). The second-order valence-electron chi connectivity index (χ2n) is 7.78. The van der Waals surface area contributed by atoms with E-state index in [4.69, 9.17) is 0 Å². The third-order valence-electron chi connectivity index (χ3n) is 6.05. The highest BCUT2D eigenvalue weighted by atomic mass is 16.2. The highest BCUT2D eigenvalue weighted by Crippen LogP contribution is 2.45. The molecule has 1 aliphatic heterocycles. The molecule has 0 saturated carbocycles. The molecule has 5 rings (SSSR count). The summed E-state index contributed by atoms with van der Waals surface area (Å²) in [5, 5.41) is 7.26. The van der Waals surface area contributed by atoms with Gasteiger partial charge in [0.15, 0.2) is 0 Å². The lowest BCUT2D eigenvalue weighted by Gasteiger charge is -2.25. The molecule has 2 aromatic heterocycles. The Morgan fingerprint density at radius 2 is 2.07 bits per heavy atom. The van der Waals surface area contributed by atoms with Crippen LogP contribution < -0.4 is 5.32 Å². The first kappa shape index (κ1) is 17.0. The fourth-order valence-electron chi connectivity index (χ4n) is 4.64. The topological polar surface area (TPSA) is 63.1 Å². The molecule has 1 saturated heterocycles. The van der Waals surface area contributed by atoms with Crippen molar-refractivity contribution in [3.05, 3.63) is 77.9 Å². The first-order valence-electron chi connectivity index (χ1n) is 9.79. The van der Waals surface area contributed by atoms with E-state index in [1.807, 2.05) is 34.0 Å². The van der Waals surface area contributed by atoms with E-state index in [1.165, 1.54) is 11.1 Å². The summed E-state index contributed by atoms with van der Waals surface area (Å²) >= 11 is 0. The van der Waals surface area contributed by atoms with Crippen LogP contribution in [0.1, 0.15) is 29.7 Å². The fraction of sp³-hybridized carbons (Fsp3) is 0.318. The number of rotatable bonds is 3. The van der Waals surface area contributed by atoms with E-state index in [1.54, 1.807) is 12.4 Å². The van der Waals surface area contributed by atoms with Crippen LogP contribution in [-0.2, 0) is 18.4 Å². The maximum Gasteiger partial charge on any atom is 0.321 e. The molecule has 142 valence electrons. The van der Waals surface area contributed by atoms with Gasteiger partial charge in [0.2, 0.25) is 0 Å². The number of nitrogens with zero attached hydrogens (tertiary/aromatic N) is 4. The Balaban J connectivity index is 1.27. The van der Waals surface area contributed by atoms with Gasteiger partial charge in [-0.25, -0.2) is 4.79 Å². The molecule has 28 heavy (non-hydrogen) atoms. The largest absolute Gasteiger partial charge is 0.324 e. The van der Waals surface area contributed by atoms with Crippen LogP contribution in [0.5, 0.6) is 0 Å². The number of hydrogen-bond donors (Lipinski definition) is 1. The average molecular weight is 373 g/mol. The number of amides is 2. The quantitative estimate of drug-likeness (QED) is 0.765. The molecule has 0 bridgehead atoms. The van der Waals surface area contributed by atoms with E-state index in [9.17, 15) is 4.79 Å². The molecule has 0 radical (unpaired) electrons. The Bertz CT molecular complexity index is 1000. The van der Waals surface area contributed by atoms with Crippen LogP contribution >= 0.6 is 0 Å². The number of carbonyl (C=O) groups excluding carboxylic acids is 1. The molecule has 6 nitrogen and oxygen atoms in total. The summed E-state index contributed by atoms with van der Waals surface area (Å²) in [6, 6.07) is 14.3. The summed E-state index contributed by atoms with van der Waals surface area (Å²) in [5.74, 6) is 0. The zero-order chi connectivity index (χ0) is 19.0. The number of benzene rings is 1. The zero-order valence-electron chi connectivity index (χ0n) is 15.7. The molecule has 2 amide bonds. The van der Waals surface area contributed by atoms with E-state index >= 15 is 0 Å². The summed E-state index contributed by atoms with van der Waals surface area (Å²) in [6.07, 6.45) is 8.67. The minimum absolute atomic E-state index is 0.0301. The van der Waals surface area contributed by atoms with Crippen LogP contribution in [0.4, 0.5) is 10.5 Å². The monoisotopic (exact) mass is 373 g/mol. The number of aromatic nitrogens is 3. The van der Waals surface area contributed by atoms with Gasteiger partial charge in [-0.2, -0.15) is 5.10 Å². The van der Waals surface area contributed by atoms with Gasteiger partial charge in [-0.3, -0.25) is 9.67 Å². The maximum atomic E-state index is 12.9. The van der Waals surface area contributed by atoms with Crippen molar-refractivity contribution in [3.8, 4) is 0 Å². The van der Waals surface area contributed by atoms with Gasteiger partial charge in [0.1, 0.15) is 0 Å². The summed E-state index contributed by atoms with van der Waals surface area (Å²) in [4.78, 5) is 19.2. The molecule has 1 aromatic carbocycles. The van der Waals surface area contributed by atoms with Gasteiger partial charge in [-0.1, -0.05) is 24.3 Å². The first-order chi connectivity index (χ1) is 13.7. The van der Waals surface area contributed by atoms with Crippen molar-refractivity contribution in [1.82, 2.24) is 19.7 Å². The Labute approximate surface area is 164 Å². The molecule has 2 aliphatic rings. The lowest BCUT2D eigenvalue weighted by Crippen LogP contribution is -2.36. The van der Waals surface area contributed by atoms with Crippen LogP contribution in [0, 0.1) is 0 Å². The second kappa shape index (κ2) is 6.78. The third kappa shape index (κ3) is 3.05. The van der Waals surface area contributed by atoms with Gasteiger partial charge in [0.05, 0.1) is 12.2 Å². The number of aryl methyl sites for hydroxylation is 1. The lowest BCUT2D eigenvalue weighted by atomic mass is 9.81. The number of likely N-dealkylation sites (tertiary alicyclic amines) is 1. The average Bonchev–Trinajstić information content (AvgIpc) is 3.45. The molecule has 6 heteroatoms. The van der Waals surface area contributed by atoms with E-state index in [-0.39, 0.29) is 11.4 Å². The summed E-state index contributed by atoms with van der Waals surface area (Å²) in [5.41, 5.74) is 4.66. The van der Waals surface area contributed by atoms with Crippen molar-refractivity contribution in [2.24, 2.45) is 0 Å². The number of fused-ring (bicyclic) bond motifs is 2. The SMILES string of the molecule is O=C(Nc1ccnc(Cn2cccn2)c1)N1CCC2(CCc3ccccc32)C1. The normalized spacial score (nSPS) is 20.5. The van der Waals surface area contributed by atoms with Gasteiger partial charge in [0.25, 0.3) is 0 Å². The van der Waals surface area contributed by atoms with Gasteiger partial charge in [-0.15, -0.1) is 0 Å². The molecule has 3 heterocycles. The molecular formula is C22H23N5O. The third-order valence-corrected chi connectivity index (χ3v) is 6.05. The molecule has 1 spiro atoms. The van der Waals surface area contributed by atoms with Crippen LogP contribution in [0.3, 0.4) is 0 Å². The molecule has 3 aromatic rings. The van der Waals surface area contributed by atoms with Gasteiger partial charge >= 0.3 is 6.03 Å². The summed E-state index contributed by atoms with van der Waals surface area (Å²) < 4.78 is 1.82. The first-order valence-corrected chi connectivity index (χ1v) is 9.79. The van der Waals surface area contributed by atoms with E-state index in [0.29, 0.717) is 6.54 Å². The predicted molar refractivity (Wildman–Crippen MR) is 107 cm³/mol. The van der Waals surface area contributed by atoms with Crippen molar-refractivity contribution in [2.45, 2.75) is 31.2 Å². The van der Waals surface area contributed by atoms with E-state index in [0.717, 1.165) is 43.7 Å². The van der Waals surface area contributed by atoms with Crippen LogP contribution in [-0.4, -0.2) is 38.8 Å². The summed E-state index contributed by atoms with van der Waals surface area (Å²) in [6.45, 7) is 2.17. The van der Waals surface area contributed by atoms with Crippen molar-refractivity contribution >= 4 is 11.7 Å². The Kier molecular flexibility index (Phi) is 4.11. The Hall–Kier alpha value is -3.15. The Morgan fingerprint density at radius 3 is 2.96 bits per heavy atom. The number of anilines is 1. The fourth-order valence-corrected chi connectivity index (χ4v) is 4.64. The number of nitrogens with one attached hydrogen (secondary N) is 1. The minimum atomic E-state index is -0.0301. The van der Waals surface area contributed by atoms with Gasteiger partial charge in [-0.05, 0) is 48.6 Å². The van der Waals surface area contributed by atoms with Crippen molar-refractivity contribution in [3.63, 3.8) is 0 Å². The van der Waals surface area contributed by atoms with Crippen molar-refractivity contribution in [1.29, 1.82) is 0 Å². The molecule has 1 atom stereocenters. The van der Waals surface area contributed by atoms with E-state index in [2.05, 4.69) is 39.7 Å². The van der Waals surface area contributed by atoms with E-state index < -0.39 is 0 Å².